The molecule has 0 bridgehead atoms. The number of benzene rings is 1. The Morgan fingerprint density at radius 3 is 2.57 bits per heavy atom. The molecule has 1 fully saturated rings. The molecule has 1 aliphatic rings. The van der Waals surface area contributed by atoms with E-state index in [9.17, 15) is 21.6 Å². The molecule has 1 N–H and O–H groups in total. The van der Waals surface area contributed by atoms with E-state index >= 15 is 0 Å². The summed E-state index contributed by atoms with van der Waals surface area (Å²) >= 11 is 0. The maximum atomic E-state index is 12.2. The number of rotatable bonds is 4. The van der Waals surface area contributed by atoms with Gasteiger partial charge in [-0.25, -0.2) is 21.6 Å². The van der Waals surface area contributed by atoms with Crippen molar-refractivity contribution in [2.75, 3.05) is 23.3 Å². The fraction of sp³-hybridized carbons (Fsp3) is 0.417. The molecule has 1 aliphatic heterocycles. The summed E-state index contributed by atoms with van der Waals surface area (Å²) < 4.78 is 54.1. The Kier molecular flexibility index (Phi) is 4.24. The van der Waals surface area contributed by atoms with Crippen LogP contribution in [0.3, 0.4) is 0 Å². The number of sulfonamides is 1. The second kappa shape index (κ2) is 5.64. The van der Waals surface area contributed by atoms with E-state index in [4.69, 9.17) is 0 Å². The maximum Gasteiger partial charge on any atom is 0.339 e. The molecule has 1 aromatic carbocycles. The van der Waals surface area contributed by atoms with E-state index in [-0.39, 0.29) is 23.4 Å². The number of carbonyl (C=O) groups excluding carboxylic acids is 1. The zero-order valence-electron chi connectivity index (χ0n) is 11.3. The number of sulfone groups is 1. The number of carbonyl (C=O) groups is 1. The van der Waals surface area contributed by atoms with Crippen molar-refractivity contribution in [2.24, 2.45) is 0 Å². The number of methoxy groups -OCH3 is 1. The predicted octanol–water partition coefficient (Wildman–Crippen LogP) is 0.402. The minimum absolute atomic E-state index is 0.0536. The molecule has 0 spiro atoms. The van der Waals surface area contributed by atoms with Gasteiger partial charge in [0.2, 0.25) is 10.0 Å². The van der Waals surface area contributed by atoms with Crippen LogP contribution in [0.1, 0.15) is 16.8 Å². The predicted molar refractivity (Wildman–Crippen MR) is 77.4 cm³/mol. The summed E-state index contributed by atoms with van der Waals surface area (Å²) in [6, 6.07) is 5.99. The van der Waals surface area contributed by atoms with Gasteiger partial charge in [0.15, 0.2) is 9.84 Å². The molecule has 0 saturated carbocycles. The average Bonchev–Trinajstić information content (AvgIpc) is 2.79. The fourth-order valence-corrected chi connectivity index (χ4v) is 6.21. The molecule has 2 rings (SSSR count). The van der Waals surface area contributed by atoms with Crippen LogP contribution in [-0.4, -0.2) is 46.7 Å². The Labute approximate surface area is 123 Å². The number of anilines is 1. The smallest absolute Gasteiger partial charge is 0.339 e. The van der Waals surface area contributed by atoms with Gasteiger partial charge in [0.05, 0.1) is 35.1 Å². The second-order valence-electron chi connectivity index (χ2n) is 4.71. The van der Waals surface area contributed by atoms with Crippen LogP contribution in [0, 0.1) is 0 Å². The number of hydrogen-bond donors (Lipinski definition) is 1. The Morgan fingerprint density at radius 1 is 1.33 bits per heavy atom. The highest BCUT2D eigenvalue weighted by atomic mass is 32.2. The molecule has 0 aromatic heterocycles. The topological polar surface area (TPSA) is 107 Å². The third-order valence-corrected chi connectivity index (χ3v) is 6.98. The standard InChI is InChI=1S/C12H15NO6S2/c1-19-12(14)10-4-2-3-5-11(10)13-21(17,18)9-6-7-20(15,16)8-9/h2-5,9,13H,6-8H2,1H3. The van der Waals surface area contributed by atoms with Gasteiger partial charge < -0.3 is 4.74 Å². The molecule has 21 heavy (non-hydrogen) atoms. The van der Waals surface area contributed by atoms with Gasteiger partial charge in [0, 0.05) is 0 Å². The van der Waals surface area contributed by atoms with Gasteiger partial charge in [0.25, 0.3) is 0 Å². The molecule has 0 aliphatic carbocycles. The molecule has 9 heteroatoms. The van der Waals surface area contributed by atoms with Crippen molar-refractivity contribution in [3.63, 3.8) is 0 Å². The van der Waals surface area contributed by atoms with E-state index in [0.717, 1.165) is 0 Å². The molecule has 1 atom stereocenters. The lowest BCUT2D eigenvalue weighted by molar-refractivity contribution is 0.0602. The Balaban J connectivity index is 2.28. The summed E-state index contributed by atoms with van der Waals surface area (Å²) in [4.78, 5) is 11.6. The monoisotopic (exact) mass is 333 g/mol. The van der Waals surface area contributed by atoms with E-state index in [1.807, 2.05) is 0 Å². The summed E-state index contributed by atoms with van der Waals surface area (Å²) in [6.45, 7) is 0. The van der Waals surface area contributed by atoms with E-state index in [0.29, 0.717) is 0 Å². The quantitative estimate of drug-likeness (QED) is 0.800. The van der Waals surface area contributed by atoms with E-state index < -0.39 is 36.8 Å². The molecular weight excluding hydrogens is 318 g/mol. The zero-order chi connectivity index (χ0) is 15.7. The van der Waals surface area contributed by atoms with Gasteiger partial charge in [-0.15, -0.1) is 0 Å². The lowest BCUT2D eigenvalue weighted by atomic mass is 10.2. The van der Waals surface area contributed by atoms with E-state index in [2.05, 4.69) is 9.46 Å². The highest BCUT2D eigenvalue weighted by molar-refractivity contribution is 7.97. The van der Waals surface area contributed by atoms with Crippen molar-refractivity contribution in [1.29, 1.82) is 0 Å². The van der Waals surface area contributed by atoms with Crippen LogP contribution in [0.4, 0.5) is 5.69 Å². The molecule has 1 aromatic rings. The first-order valence-electron chi connectivity index (χ1n) is 6.14. The normalized spacial score (nSPS) is 20.9. The van der Waals surface area contributed by atoms with Gasteiger partial charge in [-0.1, -0.05) is 12.1 Å². The summed E-state index contributed by atoms with van der Waals surface area (Å²) in [6.07, 6.45) is 0.0536. The minimum Gasteiger partial charge on any atom is -0.465 e. The van der Waals surface area contributed by atoms with E-state index in [1.54, 1.807) is 12.1 Å². The zero-order valence-corrected chi connectivity index (χ0v) is 12.9. The molecule has 116 valence electrons. The van der Waals surface area contributed by atoms with Gasteiger partial charge >= 0.3 is 5.97 Å². The highest BCUT2D eigenvalue weighted by Gasteiger charge is 2.37. The first-order valence-corrected chi connectivity index (χ1v) is 9.51. The molecule has 1 heterocycles. The first kappa shape index (κ1) is 15.8. The summed E-state index contributed by atoms with van der Waals surface area (Å²) in [5, 5.41) is -1.01. The number of ether oxygens (including phenoxy) is 1. The number of nitrogens with one attached hydrogen (secondary N) is 1. The van der Waals surface area contributed by atoms with E-state index in [1.165, 1.54) is 19.2 Å². The molecule has 1 unspecified atom stereocenters. The van der Waals surface area contributed by atoms with Crippen LogP contribution in [0.25, 0.3) is 0 Å². The Morgan fingerprint density at radius 2 is 2.00 bits per heavy atom. The minimum atomic E-state index is -3.89. The molecule has 0 radical (unpaired) electrons. The van der Waals surface area contributed by atoms with Crippen molar-refractivity contribution >= 4 is 31.5 Å². The largest absolute Gasteiger partial charge is 0.465 e. The van der Waals surface area contributed by atoms with Crippen molar-refractivity contribution < 1.29 is 26.4 Å². The van der Waals surface area contributed by atoms with Gasteiger partial charge in [-0.05, 0) is 18.6 Å². The lowest BCUT2D eigenvalue weighted by Crippen LogP contribution is -2.29. The number of para-hydroxylation sites is 1. The maximum absolute atomic E-state index is 12.2. The molecule has 7 nitrogen and oxygen atoms in total. The number of hydrogen-bond acceptors (Lipinski definition) is 6. The lowest BCUT2D eigenvalue weighted by Gasteiger charge is -2.14. The summed E-state index contributed by atoms with van der Waals surface area (Å²) in [7, 11) is -6.01. The van der Waals surface area contributed by atoms with Crippen LogP contribution >= 0.6 is 0 Å². The summed E-state index contributed by atoms with van der Waals surface area (Å²) in [5.41, 5.74) is 0.151. The van der Waals surface area contributed by atoms with Crippen LogP contribution in [-0.2, 0) is 24.6 Å². The van der Waals surface area contributed by atoms with Gasteiger partial charge in [0.1, 0.15) is 0 Å². The molecule has 1 saturated heterocycles. The van der Waals surface area contributed by atoms with Crippen LogP contribution in [0.5, 0.6) is 0 Å². The third-order valence-electron chi connectivity index (χ3n) is 3.21. The van der Waals surface area contributed by atoms with Crippen LogP contribution < -0.4 is 4.72 Å². The van der Waals surface area contributed by atoms with Crippen molar-refractivity contribution in [3.8, 4) is 0 Å². The van der Waals surface area contributed by atoms with Gasteiger partial charge in [-0.2, -0.15) is 0 Å². The fourth-order valence-electron chi connectivity index (χ4n) is 2.10. The van der Waals surface area contributed by atoms with Crippen LogP contribution in [0.2, 0.25) is 0 Å². The van der Waals surface area contributed by atoms with Crippen molar-refractivity contribution in [3.05, 3.63) is 29.8 Å². The molecule has 0 amide bonds. The SMILES string of the molecule is COC(=O)c1ccccc1NS(=O)(=O)C1CCS(=O)(=O)C1. The van der Waals surface area contributed by atoms with Crippen molar-refractivity contribution in [2.45, 2.75) is 11.7 Å². The number of esters is 1. The Hall–Kier alpha value is -1.61. The Bertz CT molecular complexity index is 754. The second-order valence-corrected chi connectivity index (χ2v) is 8.90. The molecular formula is C12H15NO6S2. The summed E-state index contributed by atoms with van der Waals surface area (Å²) in [5.74, 6) is -1.22. The third kappa shape index (κ3) is 3.53. The van der Waals surface area contributed by atoms with Crippen LogP contribution in [0.15, 0.2) is 24.3 Å². The average molecular weight is 333 g/mol. The highest BCUT2D eigenvalue weighted by Crippen LogP contribution is 2.23. The van der Waals surface area contributed by atoms with Crippen molar-refractivity contribution in [1.82, 2.24) is 0 Å². The first-order chi connectivity index (χ1) is 9.75. The van der Waals surface area contributed by atoms with Gasteiger partial charge in [-0.3, -0.25) is 4.72 Å².